The molecule has 2 amide bonds. The zero-order valence-electron chi connectivity index (χ0n) is 16.0. The quantitative estimate of drug-likeness (QED) is 0.862. The van der Waals surface area contributed by atoms with Gasteiger partial charge in [-0.05, 0) is 30.5 Å². The van der Waals surface area contributed by atoms with Crippen LogP contribution in [0.25, 0.3) is 0 Å². The first kappa shape index (κ1) is 18.7. The predicted molar refractivity (Wildman–Crippen MR) is 102 cm³/mol. The van der Waals surface area contributed by atoms with Crippen molar-refractivity contribution in [1.82, 2.24) is 19.8 Å². The monoisotopic (exact) mass is 384 g/mol. The van der Waals surface area contributed by atoms with E-state index in [1.807, 2.05) is 16.5 Å². The summed E-state index contributed by atoms with van der Waals surface area (Å²) in [5, 5.41) is 3.05. The van der Waals surface area contributed by atoms with Gasteiger partial charge in [-0.15, -0.1) is 0 Å². The number of nitrogens with zero attached hydrogens (tertiary/aromatic N) is 3. The van der Waals surface area contributed by atoms with E-state index in [0.717, 1.165) is 31.2 Å². The topological polar surface area (TPSA) is 67.2 Å². The van der Waals surface area contributed by atoms with Crippen LogP contribution in [0.5, 0.6) is 0 Å². The fourth-order valence-electron chi connectivity index (χ4n) is 4.34. The number of likely N-dealkylation sites (tertiary alicyclic amines) is 1. The highest BCUT2D eigenvalue weighted by Crippen LogP contribution is 2.30. The maximum absolute atomic E-state index is 13.4. The average molecular weight is 384 g/mol. The average Bonchev–Trinajstić information content (AvgIpc) is 3.41. The van der Waals surface area contributed by atoms with Gasteiger partial charge in [-0.3, -0.25) is 9.59 Å². The molecule has 2 atom stereocenters. The lowest BCUT2D eigenvalue weighted by atomic mass is 10.0. The number of hydrogen-bond acceptors (Lipinski definition) is 3. The van der Waals surface area contributed by atoms with Crippen molar-refractivity contribution >= 4 is 11.8 Å². The Labute approximate surface area is 163 Å². The summed E-state index contributed by atoms with van der Waals surface area (Å²) in [7, 11) is 1.85. The number of nitrogens with one attached hydrogen (secondary N) is 1. The number of carbonyl (C=O) groups excluding carboxylic acids is 2. The predicted octanol–water partition coefficient (Wildman–Crippen LogP) is 2.56. The minimum absolute atomic E-state index is 0.0716. The molecule has 1 N–H and O–H groups in total. The summed E-state index contributed by atoms with van der Waals surface area (Å²) >= 11 is 0. The van der Waals surface area contributed by atoms with Gasteiger partial charge in [0.15, 0.2) is 0 Å². The zero-order valence-corrected chi connectivity index (χ0v) is 16.0. The third-order valence-electron chi connectivity index (χ3n) is 5.90. The fraction of sp³-hybridized carbons (Fsp3) is 0.476. The van der Waals surface area contributed by atoms with Gasteiger partial charge in [0.05, 0.1) is 5.92 Å². The third-order valence-corrected chi connectivity index (χ3v) is 5.90. The molecule has 7 heteroatoms. The molecule has 1 saturated heterocycles. The Morgan fingerprint density at radius 2 is 1.96 bits per heavy atom. The summed E-state index contributed by atoms with van der Waals surface area (Å²) in [5.41, 5.74) is 0.751. The van der Waals surface area contributed by atoms with Gasteiger partial charge in [0.2, 0.25) is 11.8 Å². The van der Waals surface area contributed by atoms with Gasteiger partial charge < -0.3 is 14.8 Å². The minimum Gasteiger partial charge on any atom is -0.342 e. The molecule has 1 aromatic heterocycles. The lowest BCUT2D eigenvalue weighted by Crippen LogP contribution is -2.38. The molecule has 0 bridgehead atoms. The molecule has 0 spiro atoms. The van der Waals surface area contributed by atoms with Crippen LogP contribution >= 0.6 is 0 Å². The molecule has 4 rings (SSSR count). The molecule has 6 nitrogen and oxygen atoms in total. The number of hydrogen-bond donors (Lipinski definition) is 1. The van der Waals surface area contributed by atoms with Crippen molar-refractivity contribution in [3.05, 3.63) is 53.9 Å². The number of aryl methyl sites for hydroxylation is 1. The summed E-state index contributed by atoms with van der Waals surface area (Å²) < 4.78 is 15.2. The van der Waals surface area contributed by atoms with Crippen LogP contribution in [0, 0.1) is 11.7 Å². The Balaban J connectivity index is 1.52. The van der Waals surface area contributed by atoms with Crippen LogP contribution in [-0.4, -0.2) is 38.9 Å². The fourth-order valence-corrected chi connectivity index (χ4v) is 4.34. The van der Waals surface area contributed by atoms with Gasteiger partial charge >= 0.3 is 0 Å². The molecule has 2 aliphatic rings. The molecule has 2 aromatic rings. The van der Waals surface area contributed by atoms with Gasteiger partial charge in [0.25, 0.3) is 0 Å². The molecular formula is C21H25FN4O2. The van der Waals surface area contributed by atoms with Crippen LogP contribution in [0.2, 0.25) is 0 Å². The van der Waals surface area contributed by atoms with E-state index >= 15 is 0 Å². The summed E-state index contributed by atoms with van der Waals surface area (Å²) in [5.74, 6) is -0.121. The van der Waals surface area contributed by atoms with E-state index in [1.165, 1.54) is 12.1 Å². The SMILES string of the molecule is Cn1ccnc1[C@H](NC(=O)[C@H]1CC(=O)N(C2CCCC2)C1)c1ccc(F)cc1. The normalized spacial score (nSPS) is 21.3. The number of rotatable bonds is 5. The molecular weight excluding hydrogens is 359 g/mol. The third kappa shape index (κ3) is 3.66. The molecule has 0 radical (unpaired) electrons. The summed E-state index contributed by atoms with van der Waals surface area (Å²) in [6, 6.07) is 5.84. The van der Waals surface area contributed by atoms with Crippen molar-refractivity contribution in [1.29, 1.82) is 0 Å². The molecule has 0 unspecified atom stereocenters. The minimum atomic E-state index is -0.497. The van der Waals surface area contributed by atoms with Gasteiger partial charge in [-0.2, -0.15) is 0 Å². The second-order valence-electron chi connectivity index (χ2n) is 7.77. The van der Waals surface area contributed by atoms with E-state index in [-0.39, 0.29) is 36.0 Å². The lowest BCUT2D eigenvalue weighted by Gasteiger charge is -2.24. The number of aromatic nitrogens is 2. The second kappa shape index (κ2) is 7.73. The Bertz CT molecular complexity index is 858. The van der Waals surface area contributed by atoms with E-state index in [1.54, 1.807) is 24.5 Å². The summed E-state index contributed by atoms with van der Waals surface area (Å²) in [6.45, 7) is 0.478. The maximum atomic E-state index is 13.4. The highest BCUT2D eigenvalue weighted by molar-refractivity contribution is 5.89. The first-order chi connectivity index (χ1) is 13.5. The largest absolute Gasteiger partial charge is 0.342 e. The van der Waals surface area contributed by atoms with Crippen molar-refractivity contribution in [2.24, 2.45) is 13.0 Å². The number of carbonyl (C=O) groups is 2. The van der Waals surface area contributed by atoms with Crippen LogP contribution in [0.1, 0.15) is 49.5 Å². The van der Waals surface area contributed by atoms with E-state index in [9.17, 15) is 14.0 Å². The van der Waals surface area contributed by atoms with Crippen molar-refractivity contribution in [3.63, 3.8) is 0 Å². The zero-order chi connectivity index (χ0) is 19.7. The van der Waals surface area contributed by atoms with Crippen molar-refractivity contribution in [2.75, 3.05) is 6.54 Å². The van der Waals surface area contributed by atoms with E-state index in [0.29, 0.717) is 12.4 Å². The molecule has 2 fully saturated rings. The Hall–Kier alpha value is -2.70. The highest BCUT2D eigenvalue weighted by Gasteiger charge is 2.39. The highest BCUT2D eigenvalue weighted by atomic mass is 19.1. The van der Waals surface area contributed by atoms with Crippen LogP contribution in [0.3, 0.4) is 0 Å². The summed E-state index contributed by atoms with van der Waals surface area (Å²) in [6.07, 6.45) is 8.09. The molecule has 1 aromatic carbocycles. The first-order valence-corrected chi connectivity index (χ1v) is 9.85. The maximum Gasteiger partial charge on any atom is 0.226 e. The van der Waals surface area contributed by atoms with Crippen LogP contribution < -0.4 is 5.32 Å². The van der Waals surface area contributed by atoms with Gasteiger partial charge in [-0.25, -0.2) is 9.37 Å². The second-order valence-corrected chi connectivity index (χ2v) is 7.77. The molecule has 1 saturated carbocycles. The number of halogens is 1. The molecule has 148 valence electrons. The van der Waals surface area contributed by atoms with E-state index in [4.69, 9.17) is 0 Å². The first-order valence-electron chi connectivity index (χ1n) is 9.85. The molecule has 1 aliphatic carbocycles. The van der Waals surface area contributed by atoms with Gasteiger partial charge in [0, 0.05) is 38.4 Å². The molecule has 28 heavy (non-hydrogen) atoms. The molecule has 1 aliphatic heterocycles. The van der Waals surface area contributed by atoms with Gasteiger partial charge in [-0.1, -0.05) is 25.0 Å². The molecule has 2 heterocycles. The van der Waals surface area contributed by atoms with E-state index < -0.39 is 6.04 Å². The Kier molecular flexibility index (Phi) is 5.15. The summed E-state index contributed by atoms with van der Waals surface area (Å²) in [4.78, 5) is 31.7. The number of benzene rings is 1. The van der Waals surface area contributed by atoms with Crippen LogP contribution in [0.15, 0.2) is 36.7 Å². The van der Waals surface area contributed by atoms with Crippen LogP contribution in [0.4, 0.5) is 4.39 Å². The van der Waals surface area contributed by atoms with E-state index in [2.05, 4.69) is 10.3 Å². The Morgan fingerprint density at radius 3 is 2.61 bits per heavy atom. The Morgan fingerprint density at radius 1 is 1.25 bits per heavy atom. The van der Waals surface area contributed by atoms with Crippen molar-refractivity contribution < 1.29 is 14.0 Å². The van der Waals surface area contributed by atoms with Crippen LogP contribution in [-0.2, 0) is 16.6 Å². The lowest BCUT2D eigenvalue weighted by molar-refractivity contribution is -0.130. The number of imidazole rings is 1. The van der Waals surface area contributed by atoms with Crippen molar-refractivity contribution in [2.45, 2.75) is 44.2 Å². The standard InChI is InChI=1S/C21H25FN4O2/c1-25-11-10-23-20(25)19(14-6-8-16(22)9-7-14)24-21(28)15-12-18(27)26(13-15)17-4-2-3-5-17/h6-11,15,17,19H,2-5,12-13H2,1H3,(H,24,28)/t15-,19+/m0/s1. The van der Waals surface area contributed by atoms with Gasteiger partial charge in [0.1, 0.15) is 17.7 Å². The number of amides is 2. The smallest absolute Gasteiger partial charge is 0.226 e. The van der Waals surface area contributed by atoms with Crippen molar-refractivity contribution in [3.8, 4) is 0 Å².